The van der Waals surface area contributed by atoms with E-state index in [2.05, 4.69) is 15.5 Å². The van der Waals surface area contributed by atoms with Crippen molar-refractivity contribution in [1.29, 1.82) is 0 Å². The van der Waals surface area contributed by atoms with Gasteiger partial charge in [0.2, 0.25) is 0 Å². The van der Waals surface area contributed by atoms with Crippen molar-refractivity contribution in [3.63, 3.8) is 0 Å². The van der Waals surface area contributed by atoms with Crippen LogP contribution in [-0.2, 0) is 4.74 Å². The topological polar surface area (TPSA) is 47.0 Å². The van der Waals surface area contributed by atoms with Gasteiger partial charge in [-0.15, -0.1) is 10.2 Å². The van der Waals surface area contributed by atoms with Gasteiger partial charge < -0.3 is 10.1 Å². The lowest BCUT2D eigenvalue weighted by Crippen LogP contribution is -2.27. The number of hydrogen-bond acceptors (Lipinski definition) is 4. The Morgan fingerprint density at radius 2 is 2.25 bits per heavy atom. The maximum atomic E-state index is 5.88. The highest BCUT2D eigenvalue weighted by molar-refractivity contribution is 6.33. The average molecular weight is 262 g/mol. The lowest BCUT2D eigenvalue weighted by atomic mass is 10.1. The SMILES string of the molecule is Clc1cc(NCC2CCCCO2)c(Cl)nn1. The molecule has 1 aliphatic heterocycles. The van der Waals surface area contributed by atoms with Crippen molar-refractivity contribution in [2.75, 3.05) is 18.5 Å². The Morgan fingerprint density at radius 1 is 1.38 bits per heavy atom. The average Bonchev–Trinajstić information content (AvgIpc) is 2.32. The maximum Gasteiger partial charge on any atom is 0.174 e. The van der Waals surface area contributed by atoms with E-state index in [9.17, 15) is 0 Å². The van der Waals surface area contributed by atoms with Crippen molar-refractivity contribution < 1.29 is 4.74 Å². The first-order chi connectivity index (χ1) is 7.75. The van der Waals surface area contributed by atoms with Gasteiger partial charge in [-0.05, 0) is 19.3 Å². The molecule has 0 aliphatic carbocycles. The van der Waals surface area contributed by atoms with Crippen molar-refractivity contribution in [1.82, 2.24) is 10.2 Å². The van der Waals surface area contributed by atoms with Crippen LogP contribution in [0, 0.1) is 0 Å². The number of nitrogens with zero attached hydrogens (tertiary/aromatic N) is 2. The van der Waals surface area contributed by atoms with Gasteiger partial charge in [0, 0.05) is 19.2 Å². The molecule has 0 radical (unpaired) electrons. The van der Waals surface area contributed by atoms with Gasteiger partial charge in [-0.25, -0.2) is 0 Å². The Bertz CT molecular complexity index is 356. The molecule has 0 saturated carbocycles. The Morgan fingerprint density at radius 3 is 3.00 bits per heavy atom. The second kappa shape index (κ2) is 5.66. The summed E-state index contributed by atoms with van der Waals surface area (Å²) in [5.74, 6) is 0. The fourth-order valence-corrected chi connectivity index (χ4v) is 1.98. The summed E-state index contributed by atoms with van der Waals surface area (Å²) >= 11 is 11.6. The van der Waals surface area contributed by atoms with Crippen LogP contribution in [0.2, 0.25) is 10.3 Å². The Kier molecular flexibility index (Phi) is 4.21. The Labute approximate surface area is 104 Å². The third-order valence-corrected chi connectivity index (χ3v) is 2.98. The molecule has 1 aromatic heterocycles. The Balaban J connectivity index is 1.90. The fraction of sp³-hybridized carbons (Fsp3) is 0.600. The first-order valence-electron chi connectivity index (χ1n) is 5.30. The summed E-state index contributed by atoms with van der Waals surface area (Å²) in [7, 11) is 0. The molecule has 2 rings (SSSR count). The van der Waals surface area contributed by atoms with Gasteiger partial charge in [-0.2, -0.15) is 0 Å². The lowest BCUT2D eigenvalue weighted by Gasteiger charge is -2.23. The molecule has 0 aromatic carbocycles. The van der Waals surface area contributed by atoms with Gasteiger partial charge in [0.05, 0.1) is 11.8 Å². The van der Waals surface area contributed by atoms with E-state index in [1.807, 2.05) is 0 Å². The number of anilines is 1. The van der Waals surface area contributed by atoms with Gasteiger partial charge in [0.25, 0.3) is 0 Å². The molecular weight excluding hydrogens is 249 g/mol. The molecule has 1 atom stereocenters. The molecule has 0 amide bonds. The van der Waals surface area contributed by atoms with Crippen molar-refractivity contribution in [3.8, 4) is 0 Å². The van der Waals surface area contributed by atoms with Crippen LogP contribution in [0.3, 0.4) is 0 Å². The quantitative estimate of drug-likeness (QED) is 0.909. The minimum atomic E-state index is 0.247. The van der Waals surface area contributed by atoms with E-state index in [1.54, 1.807) is 6.07 Å². The van der Waals surface area contributed by atoms with Crippen molar-refractivity contribution in [2.24, 2.45) is 0 Å². The Hall–Kier alpha value is -0.580. The van der Waals surface area contributed by atoms with Crippen molar-refractivity contribution in [3.05, 3.63) is 16.4 Å². The largest absolute Gasteiger partial charge is 0.380 e. The first-order valence-corrected chi connectivity index (χ1v) is 6.05. The van der Waals surface area contributed by atoms with E-state index in [0.717, 1.165) is 26.0 Å². The fourth-order valence-electron chi connectivity index (χ4n) is 1.67. The molecule has 0 spiro atoms. The van der Waals surface area contributed by atoms with Crippen LogP contribution < -0.4 is 5.32 Å². The second-order valence-corrected chi connectivity index (χ2v) is 4.49. The summed E-state index contributed by atoms with van der Waals surface area (Å²) < 4.78 is 5.60. The van der Waals surface area contributed by atoms with Crippen molar-refractivity contribution in [2.45, 2.75) is 25.4 Å². The number of ether oxygens (including phenoxy) is 1. The van der Waals surface area contributed by atoms with E-state index >= 15 is 0 Å². The zero-order chi connectivity index (χ0) is 11.4. The number of hydrogen-bond donors (Lipinski definition) is 1. The van der Waals surface area contributed by atoms with Crippen LogP contribution in [0.15, 0.2) is 6.07 Å². The maximum absolute atomic E-state index is 5.88. The monoisotopic (exact) mass is 261 g/mol. The zero-order valence-electron chi connectivity index (χ0n) is 8.75. The molecule has 88 valence electrons. The van der Waals surface area contributed by atoms with Crippen LogP contribution in [0.25, 0.3) is 0 Å². The molecule has 1 aliphatic rings. The number of rotatable bonds is 3. The summed E-state index contributed by atoms with van der Waals surface area (Å²) in [6, 6.07) is 1.67. The minimum absolute atomic E-state index is 0.247. The predicted molar refractivity (Wildman–Crippen MR) is 64.1 cm³/mol. The zero-order valence-corrected chi connectivity index (χ0v) is 10.3. The number of aromatic nitrogens is 2. The number of nitrogens with one attached hydrogen (secondary N) is 1. The van der Waals surface area contributed by atoms with Crippen LogP contribution in [0.5, 0.6) is 0 Å². The molecule has 1 saturated heterocycles. The first kappa shape index (κ1) is 11.9. The van der Waals surface area contributed by atoms with Crippen LogP contribution >= 0.6 is 23.2 Å². The van der Waals surface area contributed by atoms with Crippen LogP contribution in [0.4, 0.5) is 5.69 Å². The van der Waals surface area contributed by atoms with Crippen molar-refractivity contribution >= 4 is 28.9 Å². The van der Waals surface area contributed by atoms with Gasteiger partial charge in [0.15, 0.2) is 10.3 Å². The molecule has 1 unspecified atom stereocenters. The van der Waals surface area contributed by atoms with Crippen LogP contribution in [-0.4, -0.2) is 29.5 Å². The van der Waals surface area contributed by atoms with Gasteiger partial charge in [-0.3, -0.25) is 0 Å². The third kappa shape index (κ3) is 3.20. The highest BCUT2D eigenvalue weighted by Gasteiger charge is 2.14. The van der Waals surface area contributed by atoms with E-state index < -0.39 is 0 Å². The molecule has 1 aromatic rings. The molecule has 0 bridgehead atoms. The summed E-state index contributed by atoms with van der Waals surface area (Å²) in [6.07, 6.45) is 3.70. The minimum Gasteiger partial charge on any atom is -0.380 e. The standard InChI is InChI=1S/C10H13Cl2N3O/c11-9-5-8(10(12)15-14-9)13-6-7-3-1-2-4-16-7/h5,7H,1-4,6H2,(H,13,14). The molecular formula is C10H13Cl2N3O. The van der Waals surface area contributed by atoms with Gasteiger partial charge >= 0.3 is 0 Å². The summed E-state index contributed by atoms with van der Waals surface area (Å²) in [6.45, 7) is 1.57. The lowest BCUT2D eigenvalue weighted by molar-refractivity contribution is 0.0247. The molecule has 2 heterocycles. The molecule has 4 nitrogen and oxygen atoms in total. The van der Waals surface area contributed by atoms with E-state index in [0.29, 0.717) is 16.0 Å². The van der Waals surface area contributed by atoms with Gasteiger partial charge in [-0.1, -0.05) is 23.2 Å². The van der Waals surface area contributed by atoms with E-state index in [1.165, 1.54) is 6.42 Å². The van der Waals surface area contributed by atoms with E-state index in [-0.39, 0.29) is 6.10 Å². The van der Waals surface area contributed by atoms with Gasteiger partial charge in [0.1, 0.15) is 0 Å². The normalized spacial score (nSPS) is 20.8. The highest BCUT2D eigenvalue weighted by Crippen LogP contribution is 2.21. The third-order valence-electron chi connectivity index (χ3n) is 2.51. The molecule has 6 heteroatoms. The van der Waals surface area contributed by atoms with Crippen LogP contribution in [0.1, 0.15) is 19.3 Å². The predicted octanol–water partition coefficient (Wildman–Crippen LogP) is 2.76. The summed E-state index contributed by atoms with van der Waals surface area (Å²) in [4.78, 5) is 0. The molecule has 1 fully saturated rings. The smallest absolute Gasteiger partial charge is 0.174 e. The molecule has 1 N–H and O–H groups in total. The molecule has 16 heavy (non-hydrogen) atoms. The number of halogens is 2. The highest BCUT2D eigenvalue weighted by atomic mass is 35.5. The van der Waals surface area contributed by atoms with E-state index in [4.69, 9.17) is 27.9 Å². The summed E-state index contributed by atoms with van der Waals surface area (Å²) in [5, 5.41) is 11.2. The summed E-state index contributed by atoms with van der Waals surface area (Å²) in [5.41, 5.74) is 0.704. The second-order valence-electron chi connectivity index (χ2n) is 3.74.